The van der Waals surface area contributed by atoms with Gasteiger partial charge in [0.1, 0.15) is 5.69 Å². The van der Waals surface area contributed by atoms with Crippen molar-refractivity contribution in [2.75, 3.05) is 0 Å². The molecule has 0 atom stereocenters. The molecule has 0 fully saturated rings. The van der Waals surface area contributed by atoms with Crippen LogP contribution in [0.4, 0.5) is 0 Å². The van der Waals surface area contributed by atoms with Crippen LogP contribution in [0.5, 0.6) is 0 Å². The van der Waals surface area contributed by atoms with Gasteiger partial charge in [0.2, 0.25) is 5.82 Å². The lowest BCUT2D eigenvalue weighted by Crippen LogP contribution is -1.77. The van der Waals surface area contributed by atoms with Crippen LogP contribution in [-0.4, -0.2) is 19.8 Å². The summed E-state index contributed by atoms with van der Waals surface area (Å²) in [5.74, 6) is 0.627. The van der Waals surface area contributed by atoms with Gasteiger partial charge in [-0.05, 0) is 22.8 Å². The average Bonchev–Trinajstić information content (AvgIpc) is 2.33. The van der Waals surface area contributed by atoms with Crippen LogP contribution in [-0.2, 0) is 0 Å². The normalized spacial score (nSPS) is 10.2. The highest BCUT2D eigenvalue weighted by atomic mass is 32.1. The SMILES string of the molecule is c1cc2nnnc-2ns1. The Balaban J connectivity index is 2.79. The van der Waals surface area contributed by atoms with Crippen LogP contribution >= 0.6 is 11.5 Å². The van der Waals surface area contributed by atoms with E-state index >= 15 is 0 Å². The van der Waals surface area contributed by atoms with Crippen molar-refractivity contribution >= 4 is 11.5 Å². The molecule has 0 spiro atoms. The van der Waals surface area contributed by atoms with Crippen molar-refractivity contribution in [1.82, 2.24) is 19.8 Å². The van der Waals surface area contributed by atoms with Crippen molar-refractivity contribution < 1.29 is 0 Å². The standard InChI is InChI=1S/C4H2N4S/c1-2-9-7-4-3(1)5-8-6-4/h1-2H. The maximum Gasteiger partial charge on any atom is 0.215 e. The van der Waals surface area contributed by atoms with E-state index in [-0.39, 0.29) is 0 Å². The molecule has 0 aliphatic carbocycles. The van der Waals surface area contributed by atoms with E-state index in [2.05, 4.69) is 19.8 Å². The van der Waals surface area contributed by atoms with Gasteiger partial charge in [0, 0.05) is 5.38 Å². The Kier molecular flexibility index (Phi) is 0.895. The molecule has 5 heteroatoms. The Labute approximate surface area is 55.1 Å². The topological polar surface area (TPSA) is 51.6 Å². The lowest BCUT2D eigenvalue weighted by Gasteiger charge is -1.83. The van der Waals surface area contributed by atoms with Crippen LogP contribution in [0.3, 0.4) is 0 Å². The fraction of sp³-hybridized carbons (Fsp3) is 0. The summed E-state index contributed by atoms with van der Waals surface area (Å²) < 4.78 is 3.95. The zero-order chi connectivity index (χ0) is 6.10. The van der Waals surface area contributed by atoms with Crippen LogP contribution in [0.15, 0.2) is 11.4 Å². The van der Waals surface area contributed by atoms with E-state index in [1.54, 1.807) is 0 Å². The van der Waals surface area contributed by atoms with Crippen molar-refractivity contribution in [3.63, 3.8) is 0 Å². The Hall–Kier alpha value is -1.10. The monoisotopic (exact) mass is 138 g/mol. The maximum atomic E-state index is 3.95. The molecule has 0 aromatic carbocycles. The molecule has 0 aromatic heterocycles. The molecule has 0 saturated carbocycles. The Morgan fingerprint density at radius 2 is 2.33 bits per heavy atom. The van der Waals surface area contributed by atoms with Gasteiger partial charge in [-0.2, -0.15) is 4.37 Å². The van der Waals surface area contributed by atoms with Crippen LogP contribution in [0.1, 0.15) is 0 Å². The minimum Gasteiger partial charge on any atom is -0.169 e. The van der Waals surface area contributed by atoms with Crippen LogP contribution < -0.4 is 0 Å². The number of aromatic nitrogens is 4. The summed E-state index contributed by atoms with van der Waals surface area (Å²) in [5, 5.41) is 12.7. The fourth-order valence-corrected chi connectivity index (χ4v) is 1.04. The van der Waals surface area contributed by atoms with Gasteiger partial charge in [-0.15, -0.1) is 10.2 Å². The average molecular weight is 138 g/mol. The third-order valence-electron chi connectivity index (χ3n) is 0.947. The number of rotatable bonds is 0. The molecule has 9 heavy (non-hydrogen) atoms. The van der Waals surface area contributed by atoms with Crippen molar-refractivity contribution in [2.24, 2.45) is 0 Å². The van der Waals surface area contributed by atoms with E-state index in [1.807, 2.05) is 11.4 Å². The Morgan fingerprint density at radius 1 is 1.33 bits per heavy atom. The summed E-state index contributed by atoms with van der Waals surface area (Å²) in [6.45, 7) is 0. The molecule has 0 aromatic rings. The summed E-state index contributed by atoms with van der Waals surface area (Å²) in [6, 6.07) is 1.84. The quantitative estimate of drug-likeness (QED) is 0.529. The first-order chi connectivity index (χ1) is 4.47. The zero-order valence-electron chi connectivity index (χ0n) is 4.35. The molecule has 2 aliphatic heterocycles. The van der Waals surface area contributed by atoms with E-state index in [0.717, 1.165) is 5.69 Å². The molecule has 2 rings (SSSR count). The molecule has 44 valence electrons. The van der Waals surface area contributed by atoms with Crippen molar-refractivity contribution in [2.45, 2.75) is 0 Å². The second-order valence-corrected chi connectivity index (χ2v) is 2.16. The molecule has 0 radical (unpaired) electrons. The molecule has 0 amide bonds. The maximum absolute atomic E-state index is 3.95. The minimum atomic E-state index is 0.627. The molecule has 0 unspecified atom stereocenters. The highest BCUT2D eigenvalue weighted by Crippen LogP contribution is 2.11. The Bertz CT molecular complexity index is 253. The van der Waals surface area contributed by atoms with Gasteiger partial charge < -0.3 is 0 Å². The molecule has 0 saturated heterocycles. The smallest absolute Gasteiger partial charge is 0.169 e. The molecule has 2 heterocycles. The van der Waals surface area contributed by atoms with Crippen molar-refractivity contribution in [3.8, 4) is 11.5 Å². The predicted octanol–water partition coefficient (Wildman–Crippen LogP) is 0.433. The molecular weight excluding hydrogens is 136 g/mol. The predicted molar refractivity (Wildman–Crippen MR) is 32.1 cm³/mol. The van der Waals surface area contributed by atoms with Gasteiger partial charge >= 0.3 is 0 Å². The van der Waals surface area contributed by atoms with E-state index in [4.69, 9.17) is 0 Å². The summed E-state index contributed by atoms with van der Waals surface area (Å²) in [6.07, 6.45) is 0. The highest BCUT2D eigenvalue weighted by molar-refractivity contribution is 7.03. The lowest BCUT2D eigenvalue weighted by atomic mass is 10.4. The highest BCUT2D eigenvalue weighted by Gasteiger charge is 2.04. The summed E-state index contributed by atoms with van der Waals surface area (Å²) in [4.78, 5) is 0. The van der Waals surface area contributed by atoms with Crippen LogP contribution in [0.25, 0.3) is 11.5 Å². The molecule has 0 N–H and O–H groups in total. The molecule has 2 aliphatic rings. The third kappa shape index (κ3) is 0.655. The van der Waals surface area contributed by atoms with E-state index in [9.17, 15) is 0 Å². The largest absolute Gasteiger partial charge is 0.215 e. The summed E-state index contributed by atoms with van der Waals surface area (Å²) >= 11 is 1.34. The van der Waals surface area contributed by atoms with Gasteiger partial charge in [-0.3, -0.25) is 0 Å². The second kappa shape index (κ2) is 1.70. The molecule has 0 bridgehead atoms. The molecular formula is C4H2N4S. The van der Waals surface area contributed by atoms with Crippen LogP contribution in [0.2, 0.25) is 0 Å². The molecule has 4 nitrogen and oxygen atoms in total. The van der Waals surface area contributed by atoms with Gasteiger partial charge in [0.05, 0.1) is 0 Å². The van der Waals surface area contributed by atoms with Gasteiger partial charge in [-0.1, -0.05) is 0 Å². The number of fused-ring (bicyclic) bond motifs is 1. The van der Waals surface area contributed by atoms with Crippen molar-refractivity contribution in [3.05, 3.63) is 11.4 Å². The van der Waals surface area contributed by atoms with Gasteiger partial charge in [0.25, 0.3) is 0 Å². The first-order valence-corrected chi connectivity index (χ1v) is 3.20. The van der Waals surface area contributed by atoms with E-state index in [0.29, 0.717) is 5.82 Å². The number of nitrogens with zero attached hydrogens (tertiary/aromatic N) is 4. The minimum absolute atomic E-state index is 0.627. The van der Waals surface area contributed by atoms with Gasteiger partial charge in [0.15, 0.2) is 0 Å². The first-order valence-electron chi connectivity index (χ1n) is 2.36. The fourth-order valence-electron chi connectivity index (χ4n) is 0.557. The summed E-state index contributed by atoms with van der Waals surface area (Å²) in [7, 11) is 0. The van der Waals surface area contributed by atoms with Crippen LogP contribution in [0, 0.1) is 0 Å². The first kappa shape index (κ1) is 4.75. The second-order valence-electron chi connectivity index (χ2n) is 1.50. The zero-order valence-corrected chi connectivity index (χ0v) is 5.17. The van der Waals surface area contributed by atoms with Crippen molar-refractivity contribution in [1.29, 1.82) is 0 Å². The summed E-state index contributed by atoms with van der Waals surface area (Å²) in [5.41, 5.74) is 0.758. The van der Waals surface area contributed by atoms with E-state index in [1.165, 1.54) is 11.5 Å². The lowest BCUT2D eigenvalue weighted by molar-refractivity contribution is 0.949. The third-order valence-corrected chi connectivity index (χ3v) is 1.48. The Morgan fingerprint density at radius 3 is 3.22 bits per heavy atom. The van der Waals surface area contributed by atoms with E-state index < -0.39 is 0 Å². The number of hydrogen-bond donors (Lipinski definition) is 0. The number of hydrogen-bond acceptors (Lipinski definition) is 5. The van der Waals surface area contributed by atoms with Gasteiger partial charge in [-0.25, -0.2) is 0 Å².